The zero-order chi connectivity index (χ0) is 24.8. The largest absolute Gasteiger partial charge is 0.481 e. The van der Waals surface area contributed by atoms with E-state index in [1.54, 1.807) is 0 Å². The van der Waals surface area contributed by atoms with Crippen molar-refractivity contribution in [3.63, 3.8) is 0 Å². The highest BCUT2D eigenvalue weighted by Gasteiger charge is 2.34. The fourth-order valence-corrected chi connectivity index (χ4v) is 5.39. The molecule has 1 fully saturated rings. The number of carboxylic acid groups (broad SMARTS) is 1. The summed E-state index contributed by atoms with van der Waals surface area (Å²) < 4.78 is 5.69. The van der Waals surface area contributed by atoms with Gasteiger partial charge in [-0.25, -0.2) is 4.79 Å². The fourth-order valence-electron chi connectivity index (χ4n) is 5.39. The summed E-state index contributed by atoms with van der Waals surface area (Å²) in [6.45, 7) is 2.13. The Morgan fingerprint density at radius 3 is 2.29 bits per heavy atom. The van der Waals surface area contributed by atoms with E-state index in [0.29, 0.717) is 19.3 Å². The van der Waals surface area contributed by atoms with Crippen LogP contribution in [0.3, 0.4) is 0 Å². The molecule has 2 aromatic rings. The number of carboxylic acids is 1. The predicted molar refractivity (Wildman–Crippen MR) is 133 cm³/mol. The van der Waals surface area contributed by atoms with Gasteiger partial charge in [-0.15, -0.1) is 0 Å². The van der Waals surface area contributed by atoms with E-state index in [4.69, 9.17) is 9.84 Å². The number of alkyl carbamates (subject to hydrolysis) is 1. The summed E-state index contributed by atoms with van der Waals surface area (Å²) in [7, 11) is 0. The second-order valence-corrected chi connectivity index (χ2v) is 9.66. The summed E-state index contributed by atoms with van der Waals surface area (Å²) in [4.78, 5) is 36.4. The highest BCUT2D eigenvalue weighted by molar-refractivity contribution is 5.81. The van der Waals surface area contributed by atoms with Crippen molar-refractivity contribution in [2.24, 2.45) is 5.92 Å². The lowest BCUT2D eigenvalue weighted by Crippen LogP contribution is -2.50. The molecule has 186 valence electrons. The van der Waals surface area contributed by atoms with Crippen LogP contribution in [0.2, 0.25) is 0 Å². The highest BCUT2D eigenvalue weighted by atomic mass is 16.5. The van der Waals surface area contributed by atoms with Crippen LogP contribution in [0.5, 0.6) is 0 Å². The zero-order valence-electron chi connectivity index (χ0n) is 20.2. The van der Waals surface area contributed by atoms with E-state index in [2.05, 4.69) is 34.9 Å². The summed E-state index contributed by atoms with van der Waals surface area (Å²) in [5, 5.41) is 14.8. The molecule has 0 aliphatic heterocycles. The molecule has 0 aromatic heterocycles. The molecule has 0 spiro atoms. The number of hydrogen-bond donors (Lipinski definition) is 3. The Labute approximate surface area is 206 Å². The van der Waals surface area contributed by atoms with Crippen molar-refractivity contribution in [2.45, 2.75) is 69.9 Å². The van der Waals surface area contributed by atoms with Crippen LogP contribution in [-0.4, -0.2) is 41.8 Å². The van der Waals surface area contributed by atoms with E-state index < -0.39 is 12.1 Å². The molecular weight excluding hydrogens is 444 g/mol. The van der Waals surface area contributed by atoms with Gasteiger partial charge in [-0.3, -0.25) is 9.59 Å². The van der Waals surface area contributed by atoms with Gasteiger partial charge in [0.05, 0.1) is 5.92 Å². The zero-order valence-corrected chi connectivity index (χ0v) is 20.2. The van der Waals surface area contributed by atoms with Crippen molar-refractivity contribution in [1.29, 1.82) is 0 Å². The molecule has 0 saturated heterocycles. The molecule has 1 unspecified atom stereocenters. The number of carbonyl (C=O) groups is 3. The van der Waals surface area contributed by atoms with E-state index in [9.17, 15) is 14.4 Å². The third-order valence-electron chi connectivity index (χ3n) is 7.17. The maximum Gasteiger partial charge on any atom is 0.407 e. The molecule has 2 aliphatic rings. The van der Waals surface area contributed by atoms with Gasteiger partial charge in [0.15, 0.2) is 0 Å². The predicted octanol–water partition coefficient (Wildman–Crippen LogP) is 4.84. The molecule has 2 aromatic carbocycles. The van der Waals surface area contributed by atoms with E-state index in [1.165, 1.54) is 11.1 Å². The summed E-state index contributed by atoms with van der Waals surface area (Å²) in [6.07, 6.45) is 4.05. The number of carbonyl (C=O) groups excluding carboxylic acids is 2. The van der Waals surface area contributed by atoms with Gasteiger partial charge in [0.25, 0.3) is 0 Å². The van der Waals surface area contributed by atoms with Gasteiger partial charge in [-0.05, 0) is 54.9 Å². The smallest absolute Gasteiger partial charge is 0.407 e. The van der Waals surface area contributed by atoms with Crippen LogP contribution in [0.15, 0.2) is 48.5 Å². The fraction of sp³-hybridized carbons (Fsp3) is 0.464. The van der Waals surface area contributed by atoms with Gasteiger partial charge < -0.3 is 20.5 Å². The molecule has 0 radical (unpaired) electrons. The number of ether oxygens (including phenoxy) is 1. The quantitative estimate of drug-likeness (QED) is 0.478. The van der Waals surface area contributed by atoms with Crippen LogP contribution >= 0.6 is 0 Å². The minimum Gasteiger partial charge on any atom is -0.481 e. The first-order valence-corrected chi connectivity index (χ1v) is 12.6. The van der Waals surface area contributed by atoms with Gasteiger partial charge in [0.2, 0.25) is 5.91 Å². The molecule has 3 atom stereocenters. The SMILES string of the molecule is CC(CCCC(=O)O)NC(=O)[C@H]1CCCC[C@H]1NC(=O)OCC1c2ccccc2-c2ccccc21. The molecule has 3 N–H and O–H groups in total. The van der Waals surface area contributed by atoms with Gasteiger partial charge in [0, 0.05) is 24.4 Å². The van der Waals surface area contributed by atoms with Crippen LogP contribution in [0.4, 0.5) is 4.79 Å². The minimum atomic E-state index is -0.830. The molecule has 4 rings (SSSR count). The number of aliphatic carboxylic acids is 1. The first kappa shape index (κ1) is 24.8. The van der Waals surface area contributed by atoms with Crippen LogP contribution in [0.25, 0.3) is 11.1 Å². The van der Waals surface area contributed by atoms with Gasteiger partial charge in [-0.1, -0.05) is 61.4 Å². The average Bonchev–Trinajstić information content (AvgIpc) is 3.16. The maximum absolute atomic E-state index is 12.9. The standard InChI is InChI=1S/C28H34N2O5/c1-18(9-8-16-26(31)32)29-27(33)23-14-6-7-15-25(23)30-28(34)35-17-24-21-12-4-2-10-19(21)20-11-3-5-13-22(20)24/h2-5,10-13,18,23-25H,6-9,14-17H2,1H3,(H,29,33)(H,30,34)(H,31,32)/t18?,23-,25+/m0/s1. The summed E-state index contributed by atoms with van der Waals surface area (Å²) >= 11 is 0. The molecule has 0 heterocycles. The van der Waals surface area contributed by atoms with E-state index in [-0.39, 0.29) is 42.9 Å². The van der Waals surface area contributed by atoms with Gasteiger partial charge >= 0.3 is 12.1 Å². The Morgan fingerprint density at radius 1 is 1.00 bits per heavy atom. The van der Waals surface area contributed by atoms with Gasteiger partial charge in [-0.2, -0.15) is 0 Å². The van der Waals surface area contributed by atoms with Crippen molar-refractivity contribution in [3.8, 4) is 11.1 Å². The number of amides is 2. The first-order valence-electron chi connectivity index (χ1n) is 12.6. The monoisotopic (exact) mass is 478 g/mol. The number of rotatable bonds is 9. The Hall–Kier alpha value is -3.35. The van der Waals surface area contributed by atoms with Crippen molar-refractivity contribution in [1.82, 2.24) is 10.6 Å². The molecular formula is C28H34N2O5. The second-order valence-electron chi connectivity index (χ2n) is 9.66. The lowest BCUT2D eigenvalue weighted by molar-refractivity contribution is -0.137. The summed E-state index contributed by atoms with van der Waals surface area (Å²) in [5.41, 5.74) is 4.68. The van der Waals surface area contributed by atoms with E-state index in [1.807, 2.05) is 31.2 Å². The number of fused-ring (bicyclic) bond motifs is 3. The molecule has 7 heteroatoms. The Balaban J connectivity index is 1.32. The number of hydrogen-bond acceptors (Lipinski definition) is 4. The minimum absolute atomic E-state index is 0.00902. The third-order valence-corrected chi connectivity index (χ3v) is 7.17. The van der Waals surface area contributed by atoms with E-state index >= 15 is 0 Å². The highest BCUT2D eigenvalue weighted by Crippen LogP contribution is 2.44. The molecule has 1 saturated carbocycles. The van der Waals surface area contributed by atoms with Crippen molar-refractivity contribution in [2.75, 3.05) is 6.61 Å². The van der Waals surface area contributed by atoms with Crippen molar-refractivity contribution < 1.29 is 24.2 Å². The molecule has 2 aliphatic carbocycles. The van der Waals surface area contributed by atoms with Crippen molar-refractivity contribution in [3.05, 3.63) is 59.7 Å². The number of nitrogens with one attached hydrogen (secondary N) is 2. The van der Waals surface area contributed by atoms with Crippen LogP contribution in [-0.2, 0) is 14.3 Å². The lowest BCUT2D eigenvalue weighted by Gasteiger charge is -2.32. The Bertz CT molecular complexity index is 1020. The third kappa shape index (κ3) is 6.02. The molecule has 2 amide bonds. The lowest BCUT2D eigenvalue weighted by atomic mass is 9.83. The topological polar surface area (TPSA) is 105 Å². The van der Waals surface area contributed by atoms with Crippen LogP contribution in [0, 0.1) is 5.92 Å². The molecule has 35 heavy (non-hydrogen) atoms. The summed E-state index contributed by atoms with van der Waals surface area (Å²) in [6, 6.07) is 16.0. The summed E-state index contributed by atoms with van der Waals surface area (Å²) in [5.74, 6) is -1.24. The maximum atomic E-state index is 12.9. The second kappa shape index (κ2) is 11.4. The molecule has 7 nitrogen and oxygen atoms in total. The number of benzene rings is 2. The average molecular weight is 479 g/mol. The van der Waals surface area contributed by atoms with Gasteiger partial charge in [0.1, 0.15) is 6.61 Å². The van der Waals surface area contributed by atoms with Crippen LogP contribution in [0.1, 0.15) is 68.9 Å². The van der Waals surface area contributed by atoms with Crippen LogP contribution < -0.4 is 10.6 Å². The Kier molecular flexibility index (Phi) is 8.06. The normalized spacial score (nSPS) is 19.8. The first-order chi connectivity index (χ1) is 16.9. The molecule has 0 bridgehead atoms. The van der Waals surface area contributed by atoms with E-state index in [0.717, 1.165) is 30.4 Å². The van der Waals surface area contributed by atoms with Crippen molar-refractivity contribution >= 4 is 18.0 Å². The Morgan fingerprint density at radius 2 is 1.63 bits per heavy atom.